The van der Waals surface area contributed by atoms with Crippen LogP contribution < -0.4 is 10.2 Å². The van der Waals surface area contributed by atoms with Gasteiger partial charge in [-0.3, -0.25) is 4.98 Å². The van der Waals surface area contributed by atoms with Gasteiger partial charge in [-0.25, -0.2) is 0 Å². The molecular formula is C18H25N3. The van der Waals surface area contributed by atoms with Gasteiger partial charge in [0.15, 0.2) is 0 Å². The minimum Gasteiger partial charge on any atom is -0.385 e. The highest BCUT2D eigenvalue weighted by atomic mass is 15.1. The molecule has 1 heterocycles. The van der Waals surface area contributed by atoms with Gasteiger partial charge >= 0.3 is 0 Å². The minimum absolute atomic E-state index is 0.689. The second kappa shape index (κ2) is 5.92. The van der Waals surface area contributed by atoms with Crippen molar-refractivity contribution in [2.24, 2.45) is 0 Å². The van der Waals surface area contributed by atoms with Crippen LogP contribution in [0.15, 0.2) is 24.3 Å². The molecule has 0 bridgehead atoms. The van der Waals surface area contributed by atoms with Gasteiger partial charge < -0.3 is 10.2 Å². The molecule has 0 aliphatic heterocycles. The number of anilines is 2. The van der Waals surface area contributed by atoms with Crippen LogP contribution in [0.2, 0.25) is 0 Å². The number of fused-ring (bicyclic) bond motifs is 1. The molecule has 1 aliphatic rings. The first kappa shape index (κ1) is 14.2. The molecule has 0 radical (unpaired) electrons. The normalized spacial score (nSPS) is 14.4. The zero-order valence-electron chi connectivity index (χ0n) is 13.3. The molecule has 0 unspecified atom stereocenters. The quantitative estimate of drug-likeness (QED) is 0.852. The summed E-state index contributed by atoms with van der Waals surface area (Å²) in [6, 6.07) is 8.92. The SMILES string of the molecule is CCNc1cc(C2CC2)nc2ccc(N(CC)CC)cc12. The van der Waals surface area contributed by atoms with Gasteiger partial charge in [0, 0.05) is 48.0 Å². The van der Waals surface area contributed by atoms with Gasteiger partial charge in [-0.2, -0.15) is 0 Å². The Morgan fingerprint density at radius 3 is 2.52 bits per heavy atom. The van der Waals surface area contributed by atoms with Crippen LogP contribution in [-0.4, -0.2) is 24.6 Å². The van der Waals surface area contributed by atoms with E-state index >= 15 is 0 Å². The van der Waals surface area contributed by atoms with E-state index in [9.17, 15) is 0 Å². The molecule has 1 fully saturated rings. The van der Waals surface area contributed by atoms with Crippen LogP contribution in [0.4, 0.5) is 11.4 Å². The van der Waals surface area contributed by atoms with E-state index in [1.54, 1.807) is 0 Å². The zero-order valence-corrected chi connectivity index (χ0v) is 13.3. The molecule has 3 rings (SSSR count). The van der Waals surface area contributed by atoms with Crippen molar-refractivity contribution in [3.05, 3.63) is 30.0 Å². The zero-order chi connectivity index (χ0) is 14.8. The summed E-state index contributed by atoms with van der Waals surface area (Å²) < 4.78 is 0. The maximum absolute atomic E-state index is 4.87. The summed E-state index contributed by atoms with van der Waals surface area (Å²) >= 11 is 0. The van der Waals surface area contributed by atoms with Crippen LogP contribution in [0.5, 0.6) is 0 Å². The van der Waals surface area contributed by atoms with E-state index in [4.69, 9.17) is 4.98 Å². The van der Waals surface area contributed by atoms with Crippen LogP contribution in [-0.2, 0) is 0 Å². The molecule has 1 aliphatic carbocycles. The van der Waals surface area contributed by atoms with Crippen molar-refractivity contribution in [2.45, 2.75) is 39.5 Å². The summed E-state index contributed by atoms with van der Waals surface area (Å²) in [5, 5.41) is 4.76. The summed E-state index contributed by atoms with van der Waals surface area (Å²) in [5.74, 6) is 0.689. The number of nitrogens with zero attached hydrogens (tertiary/aromatic N) is 2. The fraction of sp³-hybridized carbons (Fsp3) is 0.500. The van der Waals surface area contributed by atoms with Crippen molar-refractivity contribution in [1.29, 1.82) is 0 Å². The molecule has 0 atom stereocenters. The molecule has 0 saturated heterocycles. The lowest BCUT2D eigenvalue weighted by Gasteiger charge is -2.22. The first-order chi connectivity index (χ1) is 10.3. The third kappa shape index (κ3) is 2.82. The molecule has 2 aromatic rings. The van der Waals surface area contributed by atoms with Crippen LogP contribution >= 0.6 is 0 Å². The standard InChI is InChI=1S/C18H25N3/c1-4-19-18-12-17(13-7-8-13)20-16-10-9-14(11-15(16)18)21(5-2)6-3/h9-13H,4-8H2,1-3H3,(H,19,20). The number of pyridine rings is 1. The molecule has 112 valence electrons. The van der Waals surface area contributed by atoms with Crippen molar-refractivity contribution >= 4 is 22.3 Å². The Balaban J connectivity index is 2.09. The van der Waals surface area contributed by atoms with Crippen LogP contribution in [0, 0.1) is 0 Å². The third-order valence-corrected chi connectivity index (χ3v) is 4.30. The average molecular weight is 283 g/mol. The van der Waals surface area contributed by atoms with Crippen LogP contribution in [0.25, 0.3) is 10.9 Å². The topological polar surface area (TPSA) is 28.2 Å². The number of nitrogens with one attached hydrogen (secondary N) is 1. The second-order valence-electron chi connectivity index (χ2n) is 5.77. The Bertz CT molecular complexity index is 628. The third-order valence-electron chi connectivity index (χ3n) is 4.30. The van der Waals surface area contributed by atoms with Gasteiger partial charge in [0.1, 0.15) is 0 Å². The van der Waals surface area contributed by atoms with Gasteiger partial charge in [0.25, 0.3) is 0 Å². The summed E-state index contributed by atoms with van der Waals surface area (Å²) in [4.78, 5) is 7.25. The molecule has 1 N–H and O–H groups in total. The fourth-order valence-corrected chi connectivity index (χ4v) is 2.94. The lowest BCUT2D eigenvalue weighted by molar-refractivity contribution is 0.867. The predicted octanol–water partition coefficient (Wildman–Crippen LogP) is 4.39. The molecule has 21 heavy (non-hydrogen) atoms. The van der Waals surface area contributed by atoms with Crippen LogP contribution in [0.3, 0.4) is 0 Å². The number of benzene rings is 1. The minimum atomic E-state index is 0.689. The Morgan fingerprint density at radius 2 is 1.90 bits per heavy atom. The van der Waals surface area contributed by atoms with Crippen LogP contribution in [0.1, 0.15) is 45.2 Å². The van der Waals surface area contributed by atoms with Crippen molar-refractivity contribution in [2.75, 3.05) is 29.9 Å². The fourth-order valence-electron chi connectivity index (χ4n) is 2.94. The van der Waals surface area contributed by atoms with Crippen molar-refractivity contribution in [3.63, 3.8) is 0 Å². The summed E-state index contributed by atoms with van der Waals surface area (Å²) in [6.07, 6.45) is 2.59. The highest BCUT2D eigenvalue weighted by Gasteiger charge is 2.26. The molecule has 0 amide bonds. The highest BCUT2D eigenvalue weighted by Crippen LogP contribution is 2.41. The average Bonchev–Trinajstić information content (AvgIpc) is 3.33. The van der Waals surface area contributed by atoms with E-state index in [0.29, 0.717) is 5.92 Å². The van der Waals surface area contributed by atoms with Gasteiger partial charge in [0.05, 0.1) is 5.52 Å². The Hall–Kier alpha value is -1.77. The van der Waals surface area contributed by atoms with Crippen molar-refractivity contribution < 1.29 is 0 Å². The highest BCUT2D eigenvalue weighted by molar-refractivity contribution is 5.94. The Morgan fingerprint density at radius 1 is 1.14 bits per heavy atom. The van der Waals surface area contributed by atoms with Gasteiger partial charge in [0.2, 0.25) is 0 Å². The number of hydrogen-bond donors (Lipinski definition) is 1. The summed E-state index contributed by atoms with van der Waals surface area (Å²) in [6.45, 7) is 9.56. The Labute approximate surface area is 127 Å². The molecule has 0 spiro atoms. The molecule has 1 aromatic heterocycles. The maximum atomic E-state index is 4.87. The Kier molecular flexibility index (Phi) is 4.00. The van der Waals surface area contributed by atoms with Crippen molar-refractivity contribution in [3.8, 4) is 0 Å². The van der Waals surface area contributed by atoms with E-state index in [-0.39, 0.29) is 0 Å². The van der Waals surface area contributed by atoms with E-state index in [1.165, 1.54) is 35.3 Å². The predicted molar refractivity (Wildman–Crippen MR) is 91.4 cm³/mol. The molecule has 3 heteroatoms. The maximum Gasteiger partial charge on any atom is 0.0727 e. The lowest BCUT2D eigenvalue weighted by atomic mass is 10.1. The van der Waals surface area contributed by atoms with E-state index in [0.717, 1.165) is 25.2 Å². The van der Waals surface area contributed by atoms with Crippen molar-refractivity contribution in [1.82, 2.24) is 4.98 Å². The van der Waals surface area contributed by atoms with E-state index in [1.807, 2.05) is 0 Å². The molecule has 1 aromatic carbocycles. The first-order valence-electron chi connectivity index (χ1n) is 8.20. The second-order valence-corrected chi connectivity index (χ2v) is 5.77. The summed E-state index contributed by atoms with van der Waals surface area (Å²) in [7, 11) is 0. The van der Waals surface area contributed by atoms with E-state index < -0.39 is 0 Å². The summed E-state index contributed by atoms with van der Waals surface area (Å²) in [5.41, 5.74) is 4.89. The van der Waals surface area contributed by atoms with E-state index in [2.05, 4.69) is 55.3 Å². The number of aromatic nitrogens is 1. The number of hydrogen-bond acceptors (Lipinski definition) is 3. The molecule has 1 saturated carbocycles. The molecule has 3 nitrogen and oxygen atoms in total. The lowest BCUT2D eigenvalue weighted by Crippen LogP contribution is -2.21. The van der Waals surface area contributed by atoms with Gasteiger partial charge in [-0.15, -0.1) is 0 Å². The monoisotopic (exact) mass is 283 g/mol. The van der Waals surface area contributed by atoms with Gasteiger partial charge in [-0.1, -0.05) is 0 Å². The smallest absolute Gasteiger partial charge is 0.0727 e. The van der Waals surface area contributed by atoms with Gasteiger partial charge in [-0.05, 0) is 57.9 Å². The first-order valence-corrected chi connectivity index (χ1v) is 8.20. The number of rotatable bonds is 6. The largest absolute Gasteiger partial charge is 0.385 e. The molecular weight excluding hydrogens is 258 g/mol.